The maximum absolute atomic E-state index is 5.59. The third-order valence-corrected chi connectivity index (χ3v) is 2.11. The van der Waals surface area contributed by atoms with Crippen LogP contribution in [0.25, 0.3) is 0 Å². The minimum absolute atomic E-state index is 0.388. The number of hydrogen-bond donors (Lipinski definition) is 0. The molecule has 1 aromatic heterocycles. The van der Waals surface area contributed by atoms with Gasteiger partial charge >= 0.3 is 0 Å². The molecule has 78 valence electrons. The summed E-state index contributed by atoms with van der Waals surface area (Å²) in [6.45, 7) is 5.01. The summed E-state index contributed by atoms with van der Waals surface area (Å²) in [5.41, 5.74) is 0. The van der Waals surface area contributed by atoms with Gasteiger partial charge in [0.05, 0.1) is 6.61 Å². The van der Waals surface area contributed by atoms with Gasteiger partial charge in [0.15, 0.2) is 5.15 Å². The molecule has 14 heavy (non-hydrogen) atoms. The zero-order valence-corrected chi connectivity index (χ0v) is 9.29. The predicted molar refractivity (Wildman–Crippen MR) is 56.6 cm³/mol. The molecule has 0 saturated heterocycles. The van der Waals surface area contributed by atoms with E-state index < -0.39 is 0 Å². The Morgan fingerprint density at radius 1 is 1.43 bits per heavy atom. The molecular formula is C10H15ClN2O. The van der Waals surface area contributed by atoms with Crippen LogP contribution >= 0.6 is 11.6 Å². The van der Waals surface area contributed by atoms with E-state index in [9.17, 15) is 0 Å². The van der Waals surface area contributed by atoms with E-state index in [2.05, 4.69) is 24.0 Å². The monoisotopic (exact) mass is 214 g/mol. The van der Waals surface area contributed by atoms with Gasteiger partial charge in [-0.15, -0.1) is 10.2 Å². The average molecular weight is 215 g/mol. The highest BCUT2D eigenvalue weighted by Crippen LogP contribution is 2.11. The van der Waals surface area contributed by atoms with Gasteiger partial charge < -0.3 is 4.74 Å². The molecule has 0 aliphatic heterocycles. The average Bonchev–Trinajstić information content (AvgIpc) is 2.17. The molecule has 0 N–H and O–H groups in total. The van der Waals surface area contributed by atoms with Gasteiger partial charge in [-0.25, -0.2) is 0 Å². The fourth-order valence-electron chi connectivity index (χ4n) is 1.18. The van der Waals surface area contributed by atoms with Crippen molar-refractivity contribution in [1.29, 1.82) is 0 Å². The standard InChI is InChI=1S/C10H15ClN2O/c1-3-4-8(2)7-14-10-6-5-9(11)12-13-10/h5-6,8H,3-4,7H2,1-2H3. The molecule has 0 spiro atoms. The number of ether oxygens (including phenoxy) is 1. The van der Waals surface area contributed by atoms with Crippen molar-refractivity contribution in [2.24, 2.45) is 5.92 Å². The summed E-state index contributed by atoms with van der Waals surface area (Å²) in [5, 5.41) is 7.89. The Balaban J connectivity index is 2.34. The summed E-state index contributed by atoms with van der Waals surface area (Å²) in [6.07, 6.45) is 2.35. The molecule has 4 heteroatoms. The van der Waals surface area contributed by atoms with E-state index in [4.69, 9.17) is 16.3 Å². The van der Waals surface area contributed by atoms with E-state index in [1.165, 1.54) is 12.8 Å². The van der Waals surface area contributed by atoms with E-state index >= 15 is 0 Å². The molecule has 1 rings (SSSR count). The fourth-order valence-corrected chi connectivity index (χ4v) is 1.29. The zero-order valence-electron chi connectivity index (χ0n) is 8.53. The molecule has 3 nitrogen and oxygen atoms in total. The number of halogens is 1. The molecule has 0 aliphatic carbocycles. The second kappa shape index (κ2) is 5.81. The van der Waals surface area contributed by atoms with Crippen molar-refractivity contribution in [3.63, 3.8) is 0 Å². The summed E-state index contributed by atoms with van der Waals surface area (Å²) >= 11 is 5.59. The van der Waals surface area contributed by atoms with Gasteiger partial charge in [0.1, 0.15) is 0 Å². The van der Waals surface area contributed by atoms with Crippen LogP contribution in [-0.2, 0) is 0 Å². The van der Waals surface area contributed by atoms with E-state index in [0.29, 0.717) is 23.6 Å². The fraction of sp³-hybridized carbons (Fsp3) is 0.600. The van der Waals surface area contributed by atoms with Crippen molar-refractivity contribution in [3.8, 4) is 5.88 Å². The summed E-state index contributed by atoms with van der Waals surface area (Å²) in [7, 11) is 0. The summed E-state index contributed by atoms with van der Waals surface area (Å²) in [6, 6.07) is 3.41. The van der Waals surface area contributed by atoms with Gasteiger partial charge in [-0.2, -0.15) is 0 Å². The number of nitrogens with zero attached hydrogens (tertiary/aromatic N) is 2. The normalized spacial score (nSPS) is 12.5. The topological polar surface area (TPSA) is 35.0 Å². The van der Waals surface area contributed by atoms with Crippen LogP contribution < -0.4 is 4.74 Å². The smallest absolute Gasteiger partial charge is 0.233 e. The molecule has 0 bridgehead atoms. The summed E-state index contributed by atoms with van der Waals surface area (Å²) in [4.78, 5) is 0. The van der Waals surface area contributed by atoms with E-state index in [1.54, 1.807) is 12.1 Å². The Morgan fingerprint density at radius 3 is 2.79 bits per heavy atom. The van der Waals surface area contributed by atoms with Gasteiger partial charge in [-0.3, -0.25) is 0 Å². The molecule has 1 unspecified atom stereocenters. The summed E-state index contributed by atoms with van der Waals surface area (Å²) < 4.78 is 5.44. The van der Waals surface area contributed by atoms with Gasteiger partial charge in [0.25, 0.3) is 0 Å². The van der Waals surface area contributed by atoms with Crippen molar-refractivity contribution in [3.05, 3.63) is 17.3 Å². The van der Waals surface area contributed by atoms with Gasteiger partial charge in [-0.1, -0.05) is 31.9 Å². The molecule has 0 saturated carbocycles. The molecule has 0 fully saturated rings. The number of rotatable bonds is 5. The van der Waals surface area contributed by atoms with Crippen LogP contribution in [0, 0.1) is 5.92 Å². The maximum atomic E-state index is 5.59. The van der Waals surface area contributed by atoms with Crippen molar-refractivity contribution in [1.82, 2.24) is 10.2 Å². The van der Waals surface area contributed by atoms with Crippen molar-refractivity contribution < 1.29 is 4.74 Å². The Bertz CT molecular complexity index is 263. The first kappa shape index (κ1) is 11.2. The SMILES string of the molecule is CCCC(C)COc1ccc(Cl)nn1. The minimum atomic E-state index is 0.388. The van der Waals surface area contributed by atoms with Crippen LogP contribution in [0.5, 0.6) is 5.88 Å². The lowest BCUT2D eigenvalue weighted by Crippen LogP contribution is -2.09. The predicted octanol–water partition coefficient (Wildman–Crippen LogP) is 2.95. The molecule has 0 radical (unpaired) electrons. The molecule has 0 aliphatic rings. The van der Waals surface area contributed by atoms with Crippen LogP contribution in [0.2, 0.25) is 5.15 Å². The number of aromatic nitrogens is 2. The van der Waals surface area contributed by atoms with Crippen LogP contribution in [0.3, 0.4) is 0 Å². The second-order valence-corrected chi connectivity index (χ2v) is 3.79. The van der Waals surface area contributed by atoms with Crippen LogP contribution in [0.4, 0.5) is 0 Å². The molecular weight excluding hydrogens is 200 g/mol. The lowest BCUT2D eigenvalue weighted by atomic mass is 10.1. The van der Waals surface area contributed by atoms with E-state index in [1.807, 2.05) is 0 Å². The molecule has 1 heterocycles. The highest BCUT2D eigenvalue weighted by molar-refractivity contribution is 6.29. The molecule has 1 aromatic rings. The summed E-state index contributed by atoms with van der Waals surface area (Å²) in [5.74, 6) is 1.09. The zero-order chi connectivity index (χ0) is 10.4. The molecule has 1 atom stereocenters. The highest BCUT2D eigenvalue weighted by Gasteiger charge is 2.02. The molecule has 0 amide bonds. The van der Waals surface area contributed by atoms with Crippen LogP contribution in [0.1, 0.15) is 26.7 Å². The van der Waals surface area contributed by atoms with Crippen molar-refractivity contribution >= 4 is 11.6 Å². The lowest BCUT2D eigenvalue weighted by molar-refractivity contribution is 0.240. The Hall–Kier alpha value is -0.830. The highest BCUT2D eigenvalue weighted by atomic mass is 35.5. The van der Waals surface area contributed by atoms with Crippen LogP contribution in [-0.4, -0.2) is 16.8 Å². The Kier molecular flexibility index (Phi) is 4.66. The van der Waals surface area contributed by atoms with Crippen molar-refractivity contribution in [2.45, 2.75) is 26.7 Å². The lowest BCUT2D eigenvalue weighted by Gasteiger charge is -2.10. The van der Waals surface area contributed by atoms with Gasteiger partial charge in [-0.05, 0) is 18.4 Å². The van der Waals surface area contributed by atoms with Gasteiger partial charge in [0, 0.05) is 6.07 Å². The Labute approximate surface area is 89.4 Å². The third-order valence-electron chi connectivity index (χ3n) is 1.90. The Morgan fingerprint density at radius 2 is 2.21 bits per heavy atom. The first-order valence-electron chi connectivity index (χ1n) is 4.84. The quantitative estimate of drug-likeness (QED) is 0.756. The molecule has 0 aromatic carbocycles. The first-order chi connectivity index (χ1) is 6.72. The number of hydrogen-bond acceptors (Lipinski definition) is 3. The van der Waals surface area contributed by atoms with Crippen LogP contribution in [0.15, 0.2) is 12.1 Å². The van der Waals surface area contributed by atoms with Gasteiger partial charge in [0.2, 0.25) is 5.88 Å². The second-order valence-electron chi connectivity index (χ2n) is 3.40. The first-order valence-corrected chi connectivity index (χ1v) is 5.22. The van der Waals surface area contributed by atoms with E-state index in [-0.39, 0.29) is 0 Å². The third kappa shape index (κ3) is 3.92. The minimum Gasteiger partial charge on any atom is -0.476 e. The largest absolute Gasteiger partial charge is 0.476 e. The maximum Gasteiger partial charge on any atom is 0.233 e. The van der Waals surface area contributed by atoms with E-state index in [0.717, 1.165) is 0 Å². The van der Waals surface area contributed by atoms with Crippen molar-refractivity contribution in [2.75, 3.05) is 6.61 Å².